The summed E-state index contributed by atoms with van der Waals surface area (Å²) in [6.07, 6.45) is 5.25. The fourth-order valence-electron chi connectivity index (χ4n) is 3.81. The number of hydrogen-bond donors (Lipinski definition) is 3. The molecule has 2 amide bonds. The number of thioether (sulfide) groups is 2. The van der Waals surface area contributed by atoms with Crippen molar-refractivity contribution in [2.75, 3.05) is 37.1 Å². The lowest BCUT2D eigenvalue weighted by atomic mass is 9.95. The third-order valence-electron chi connectivity index (χ3n) is 5.94. The van der Waals surface area contributed by atoms with Gasteiger partial charge in [0.2, 0.25) is 21.8 Å². The van der Waals surface area contributed by atoms with Crippen LogP contribution >= 0.6 is 23.5 Å². The molecular formula is C23H35N3O6S3. The molecule has 1 aliphatic rings. The van der Waals surface area contributed by atoms with Crippen LogP contribution in [0.1, 0.15) is 31.2 Å². The summed E-state index contributed by atoms with van der Waals surface area (Å²) in [4.78, 5) is 39.0. The Morgan fingerprint density at radius 2 is 1.57 bits per heavy atom. The van der Waals surface area contributed by atoms with Gasteiger partial charge in [-0.25, -0.2) is 13.2 Å². The minimum absolute atomic E-state index is 0.106. The van der Waals surface area contributed by atoms with Crippen molar-refractivity contribution in [2.45, 2.75) is 49.6 Å². The van der Waals surface area contributed by atoms with Crippen molar-refractivity contribution >= 4 is 51.3 Å². The molecule has 196 valence electrons. The van der Waals surface area contributed by atoms with Gasteiger partial charge in [-0.3, -0.25) is 9.59 Å². The van der Waals surface area contributed by atoms with E-state index in [0.717, 1.165) is 5.56 Å². The van der Waals surface area contributed by atoms with Crippen molar-refractivity contribution in [3.8, 4) is 0 Å². The summed E-state index contributed by atoms with van der Waals surface area (Å²) in [6, 6.07) is 4.62. The van der Waals surface area contributed by atoms with Gasteiger partial charge in [0.15, 0.2) is 0 Å². The standard InChI is InChI=1S/C23H35N3O6S3/c1-16-4-6-18(7-5-16)35(31,32)25-19(10-14-33-2)22(28)26-12-8-17(9-13-26)21(27)24-20(23(29)30)11-15-34-3/h4-7,17,19-20,25H,8-15H2,1-3H3,(H,24,27)(H,29,30)/t19-,20-/m0/s1. The highest BCUT2D eigenvalue weighted by Crippen LogP contribution is 2.20. The first-order chi connectivity index (χ1) is 16.6. The smallest absolute Gasteiger partial charge is 0.326 e. The van der Waals surface area contributed by atoms with E-state index in [2.05, 4.69) is 10.0 Å². The molecule has 12 heteroatoms. The third kappa shape index (κ3) is 9.00. The van der Waals surface area contributed by atoms with Crippen LogP contribution in [-0.2, 0) is 24.4 Å². The highest BCUT2D eigenvalue weighted by atomic mass is 32.2. The van der Waals surface area contributed by atoms with Crippen LogP contribution in [0.4, 0.5) is 0 Å². The quantitative estimate of drug-likeness (QED) is 0.343. The van der Waals surface area contributed by atoms with E-state index < -0.39 is 28.1 Å². The van der Waals surface area contributed by atoms with Crippen LogP contribution in [0.3, 0.4) is 0 Å². The largest absolute Gasteiger partial charge is 0.480 e. The molecule has 1 aliphatic heterocycles. The number of carboxylic acid groups (broad SMARTS) is 1. The number of aliphatic carboxylic acids is 1. The van der Waals surface area contributed by atoms with E-state index in [1.54, 1.807) is 17.0 Å². The van der Waals surface area contributed by atoms with Crippen molar-refractivity contribution in [2.24, 2.45) is 5.92 Å². The molecule has 0 spiro atoms. The van der Waals surface area contributed by atoms with E-state index >= 15 is 0 Å². The van der Waals surface area contributed by atoms with Crippen molar-refractivity contribution in [3.63, 3.8) is 0 Å². The van der Waals surface area contributed by atoms with Gasteiger partial charge in [-0.2, -0.15) is 28.2 Å². The van der Waals surface area contributed by atoms with Gasteiger partial charge in [-0.15, -0.1) is 0 Å². The number of amides is 2. The normalized spacial score (nSPS) is 16.5. The molecule has 1 heterocycles. The van der Waals surface area contributed by atoms with E-state index in [9.17, 15) is 27.9 Å². The summed E-state index contributed by atoms with van der Waals surface area (Å²) in [6.45, 7) is 2.48. The van der Waals surface area contributed by atoms with Crippen LogP contribution in [0.25, 0.3) is 0 Å². The number of carboxylic acids is 1. The van der Waals surface area contributed by atoms with Crippen molar-refractivity contribution in [1.82, 2.24) is 14.9 Å². The molecule has 9 nitrogen and oxygen atoms in total. The van der Waals surface area contributed by atoms with Crippen LogP contribution in [0.5, 0.6) is 0 Å². The average molecular weight is 546 g/mol. The van der Waals surface area contributed by atoms with Gasteiger partial charge in [0.1, 0.15) is 12.1 Å². The lowest BCUT2D eigenvalue weighted by Gasteiger charge is -2.34. The lowest BCUT2D eigenvalue weighted by Crippen LogP contribution is -2.52. The molecule has 0 aliphatic carbocycles. The number of benzene rings is 1. The second-order valence-corrected chi connectivity index (χ2v) is 12.2. The monoisotopic (exact) mass is 545 g/mol. The first-order valence-electron chi connectivity index (χ1n) is 11.5. The van der Waals surface area contributed by atoms with E-state index in [4.69, 9.17) is 0 Å². The Morgan fingerprint density at radius 3 is 2.09 bits per heavy atom. The maximum absolute atomic E-state index is 13.2. The molecule has 1 fully saturated rings. The minimum Gasteiger partial charge on any atom is -0.480 e. The molecule has 2 atom stereocenters. The summed E-state index contributed by atoms with van der Waals surface area (Å²) in [5.74, 6) is -0.832. The molecule has 2 rings (SSSR count). The van der Waals surface area contributed by atoms with Crippen LogP contribution in [-0.4, -0.2) is 85.4 Å². The second kappa shape index (κ2) is 14.1. The number of aryl methyl sites for hydroxylation is 1. The zero-order valence-corrected chi connectivity index (χ0v) is 22.8. The zero-order chi connectivity index (χ0) is 26.0. The maximum atomic E-state index is 13.2. The molecule has 1 saturated heterocycles. The van der Waals surface area contributed by atoms with Gasteiger partial charge in [-0.05, 0) is 68.8 Å². The number of carbonyl (C=O) groups excluding carboxylic acids is 2. The Labute approximate surface area is 216 Å². The summed E-state index contributed by atoms with van der Waals surface area (Å²) in [5, 5.41) is 12.0. The van der Waals surface area contributed by atoms with E-state index in [1.165, 1.54) is 35.7 Å². The van der Waals surface area contributed by atoms with Crippen molar-refractivity contribution in [3.05, 3.63) is 29.8 Å². The molecule has 1 aromatic rings. The average Bonchev–Trinajstić information content (AvgIpc) is 2.83. The number of hydrogen-bond acceptors (Lipinski definition) is 7. The molecule has 0 unspecified atom stereocenters. The number of likely N-dealkylation sites (tertiary alicyclic amines) is 1. The molecule has 0 saturated carbocycles. The first-order valence-corrected chi connectivity index (χ1v) is 15.7. The van der Waals surface area contributed by atoms with Crippen molar-refractivity contribution < 1.29 is 27.9 Å². The van der Waals surface area contributed by atoms with E-state index in [1.807, 2.05) is 19.4 Å². The third-order valence-corrected chi connectivity index (χ3v) is 8.72. The minimum atomic E-state index is -3.87. The van der Waals surface area contributed by atoms with Crippen LogP contribution in [0.2, 0.25) is 0 Å². The predicted molar refractivity (Wildman–Crippen MR) is 140 cm³/mol. The highest BCUT2D eigenvalue weighted by molar-refractivity contribution is 7.98. The Morgan fingerprint density at radius 1 is 1.03 bits per heavy atom. The number of carbonyl (C=O) groups is 3. The number of sulfonamides is 1. The second-order valence-electron chi connectivity index (χ2n) is 8.55. The molecule has 0 radical (unpaired) electrons. The van der Waals surface area contributed by atoms with E-state index in [0.29, 0.717) is 50.3 Å². The SMILES string of the molecule is CSCC[C@H](NC(=O)C1CCN(C(=O)[C@H](CCSC)NS(=O)(=O)c2ccc(C)cc2)CC1)C(=O)O. The molecule has 35 heavy (non-hydrogen) atoms. The summed E-state index contributed by atoms with van der Waals surface area (Å²) < 4.78 is 28.3. The van der Waals surface area contributed by atoms with Crippen molar-refractivity contribution in [1.29, 1.82) is 0 Å². The summed E-state index contributed by atoms with van der Waals surface area (Å²) >= 11 is 3.04. The fraction of sp³-hybridized carbons (Fsp3) is 0.609. The number of nitrogens with zero attached hydrogens (tertiary/aromatic N) is 1. The predicted octanol–water partition coefficient (Wildman–Crippen LogP) is 1.96. The Balaban J connectivity index is 2.00. The molecule has 0 bridgehead atoms. The van der Waals surface area contributed by atoms with Crippen LogP contribution in [0.15, 0.2) is 29.2 Å². The summed E-state index contributed by atoms with van der Waals surface area (Å²) in [7, 11) is -3.87. The van der Waals surface area contributed by atoms with Crippen LogP contribution < -0.4 is 10.0 Å². The molecule has 0 aromatic heterocycles. The number of rotatable bonds is 13. The molecule has 1 aromatic carbocycles. The Hall–Kier alpha value is -1.76. The van der Waals surface area contributed by atoms with Crippen LogP contribution in [0, 0.1) is 12.8 Å². The number of piperidine rings is 1. The number of nitrogens with one attached hydrogen (secondary N) is 2. The summed E-state index contributed by atoms with van der Waals surface area (Å²) in [5.41, 5.74) is 0.935. The van der Waals surface area contributed by atoms with Gasteiger partial charge >= 0.3 is 5.97 Å². The van der Waals surface area contributed by atoms with Gasteiger partial charge in [0.05, 0.1) is 4.90 Å². The van der Waals surface area contributed by atoms with Gasteiger partial charge in [0, 0.05) is 19.0 Å². The van der Waals surface area contributed by atoms with Gasteiger partial charge < -0.3 is 15.3 Å². The molecular weight excluding hydrogens is 510 g/mol. The highest BCUT2D eigenvalue weighted by Gasteiger charge is 2.34. The topological polar surface area (TPSA) is 133 Å². The first kappa shape index (κ1) is 29.5. The van der Waals surface area contributed by atoms with Gasteiger partial charge in [-0.1, -0.05) is 17.7 Å². The Kier molecular flexibility index (Phi) is 11.9. The van der Waals surface area contributed by atoms with E-state index in [-0.39, 0.29) is 22.6 Å². The molecule has 3 N–H and O–H groups in total. The zero-order valence-electron chi connectivity index (χ0n) is 20.4. The maximum Gasteiger partial charge on any atom is 0.326 e. The Bertz CT molecular complexity index is 963. The lowest BCUT2D eigenvalue weighted by molar-refractivity contribution is -0.143. The fourth-order valence-corrected chi connectivity index (χ4v) is 5.97. The van der Waals surface area contributed by atoms with Gasteiger partial charge in [0.25, 0.3) is 0 Å².